The SMILES string of the molecule is CC(CNc1ccc(N)c(C#N)n1)S(C)=O. The van der Waals surface area contributed by atoms with Crippen molar-refractivity contribution in [2.24, 2.45) is 0 Å². The van der Waals surface area contributed by atoms with E-state index in [1.807, 2.05) is 13.0 Å². The topological polar surface area (TPSA) is 91.8 Å². The molecule has 1 heterocycles. The summed E-state index contributed by atoms with van der Waals surface area (Å²) < 4.78 is 11.1. The van der Waals surface area contributed by atoms with E-state index in [9.17, 15) is 4.21 Å². The molecule has 1 aromatic heterocycles. The fourth-order valence-corrected chi connectivity index (χ4v) is 1.34. The summed E-state index contributed by atoms with van der Waals surface area (Å²) in [7, 11) is -0.875. The lowest BCUT2D eigenvalue weighted by Crippen LogP contribution is -2.21. The Labute approximate surface area is 97.1 Å². The molecule has 0 aliphatic rings. The van der Waals surface area contributed by atoms with Crippen LogP contribution in [0, 0.1) is 11.3 Å². The van der Waals surface area contributed by atoms with E-state index >= 15 is 0 Å². The predicted molar refractivity (Wildman–Crippen MR) is 65.4 cm³/mol. The van der Waals surface area contributed by atoms with Crippen LogP contribution in [-0.2, 0) is 10.8 Å². The lowest BCUT2D eigenvalue weighted by atomic mass is 10.3. The molecule has 0 aliphatic heterocycles. The maximum Gasteiger partial charge on any atom is 0.165 e. The lowest BCUT2D eigenvalue weighted by molar-refractivity contribution is 0.679. The van der Waals surface area contributed by atoms with Crippen LogP contribution >= 0.6 is 0 Å². The van der Waals surface area contributed by atoms with Crippen molar-refractivity contribution < 1.29 is 4.21 Å². The fraction of sp³-hybridized carbons (Fsp3) is 0.400. The lowest BCUT2D eigenvalue weighted by Gasteiger charge is -2.10. The van der Waals surface area contributed by atoms with Gasteiger partial charge in [0.25, 0.3) is 0 Å². The summed E-state index contributed by atoms with van der Waals surface area (Å²) in [5, 5.41) is 11.8. The van der Waals surface area contributed by atoms with E-state index in [-0.39, 0.29) is 10.9 Å². The van der Waals surface area contributed by atoms with Gasteiger partial charge in [-0.05, 0) is 19.1 Å². The Morgan fingerprint density at radius 1 is 1.69 bits per heavy atom. The average Bonchev–Trinajstić information content (AvgIpc) is 2.27. The Morgan fingerprint density at radius 2 is 2.38 bits per heavy atom. The number of pyridine rings is 1. The molecular formula is C10H14N4OS. The van der Waals surface area contributed by atoms with Gasteiger partial charge < -0.3 is 11.1 Å². The van der Waals surface area contributed by atoms with E-state index in [1.54, 1.807) is 18.4 Å². The minimum Gasteiger partial charge on any atom is -0.396 e. The third-order valence-electron chi connectivity index (χ3n) is 2.17. The number of aromatic nitrogens is 1. The second kappa shape index (κ2) is 5.47. The molecule has 2 atom stereocenters. The van der Waals surface area contributed by atoms with Gasteiger partial charge in [-0.2, -0.15) is 5.26 Å². The molecule has 3 N–H and O–H groups in total. The zero-order valence-corrected chi connectivity index (χ0v) is 10.0. The first-order chi connectivity index (χ1) is 7.54. The van der Waals surface area contributed by atoms with Crippen molar-refractivity contribution in [3.05, 3.63) is 17.8 Å². The molecule has 6 heteroatoms. The number of nitrogens with one attached hydrogen (secondary N) is 1. The molecular weight excluding hydrogens is 224 g/mol. The van der Waals surface area contributed by atoms with Gasteiger partial charge in [0, 0.05) is 28.9 Å². The first-order valence-corrected chi connectivity index (χ1v) is 6.39. The standard InChI is InChI=1S/C10H14N4OS/c1-7(16(2)15)6-13-10-4-3-8(12)9(5-11)14-10/h3-4,7H,6,12H2,1-2H3,(H,13,14). The fourth-order valence-electron chi connectivity index (χ4n) is 1.02. The number of nitriles is 1. The summed E-state index contributed by atoms with van der Waals surface area (Å²) in [4.78, 5) is 4.03. The molecule has 16 heavy (non-hydrogen) atoms. The minimum absolute atomic E-state index is 0.0323. The van der Waals surface area contributed by atoms with E-state index in [0.29, 0.717) is 18.1 Å². The number of rotatable bonds is 4. The Morgan fingerprint density at radius 3 is 2.94 bits per heavy atom. The molecule has 0 fully saturated rings. The molecule has 1 aromatic rings. The molecule has 0 saturated heterocycles. The van der Waals surface area contributed by atoms with Crippen LogP contribution in [-0.4, -0.2) is 27.2 Å². The summed E-state index contributed by atoms with van der Waals surface area (Å²) in [6.45, 7) is 2.43. The van der Waals surface area contributed by atoms with Gasteiger partial charge in [0.15, 0.2) is 5.69 Å². The Kier molecular flexibility index (Phi) is 4.26. The first kappa shape index (κ1) is 12.5. The van der Waals surface area contributed by atoms with Crippen LogP contribution in [0.5, 0.6) is 0 Å². The van der Waals surface area contributed by atoms with Crippen molar-refractivity contribution in [3.63, 3.8) is 0 Å². The van der Waals surface area contributed by atoms with Crippen molar-refractivity contribution in [1.29, 1.82) is 5.26 Å². The Bertz CT molecular complexity index is 441. The van der Waals surface area contributed by atoms with E-state index in [2.05, 4.69) is 10.3 Å². The zero-order valence-electron chi connectivity index (χ0n) is 9.23. The highest BCUT2D eigenvalue weighted by molar-refractivity contribution is 7.84. The van der Waals surface area contributed by atoms with E-state index in [0.717, 1.165) is 0 Å². The number of nitrogens with zero attached hydrogens (tertiary/aromatic N) is 2. The summed E-state index contributed by atoms with van der Waals surface area (Å²) in [5.74, 6) is 0.572. The molecule has 0 aliphatic carbocycles. The molecule has 1 rings (SSSR count). The molecule has 86 valence electrons. The number of hydrogen-bond acceptors (Lipinski definition) is 5. The quantitative estimate of drug-likeness (QED) is 0.806. The molecule has 0 spiro atoms. The van der Waals surface area contributed by atoms with Gasteiger partial charge >= 0.3 is 0 Å². The van der Waals surface area contributed by atoms with Crippen LogP contribution in [0.15, 0.2) is 12.1 Å². The molecule has 0 aromatic carbocycles. The van der Waals surface area contributed by atoms with Crippen molar-refractivity contribution in [1.82, 2.24) is 4.98 Å². The van der Waals surface area contributed by atoms with Crippen LogP contribution < -0.4 is 11.1 Å². The number of nitrogen functional groups attached to an aromatic ring is 1. The zero-order chi connectivity index (χ0) is 12.1. The largest absolute Gasteiger partial charge is 0.396 e. The molecule has 0 bridgehead atoms. The van der Waals surface area contributed by atoms with Crippen LogP contribution in [0.3, 0.4) is 0 Å². The van der Waals surface area contributed by atoms with Gasteiger partial charge in [0.2, 0.25) is 0 Å². The summed E-state index contributed by atoms with van der Waals surface area (Å²) in [5.41, 5.74) is 6.11. The highest BCUT2D eigenvalue weighted by Crippen LogP contribution is 2.12. The van der Waals surface area contributed by atoms with Crippen molar-refractivity contribution in [3.8, 4) is 6.07 Å². The molecule has 2 unspecified atom stereocenters. The second-order valence-corrected chi connectivity index (χ2v) is 5.24. The van der Waals surface area contributed by atoms with Crippen molar-refractivity contribution in [2.75, 3.05) is 23.9 Å². The van der Waals surface area contributed by atoms with Gasteiger partial charge in [-0.3, -0.25) is 4.21 Å². The van der Waals surface area contributed by atoms with Gasteiger partial charge in [0.05, 0.1) is 5.69 Å². The first-order valence-electron chi connectivity index (χ1n) is 4.77. The van der Waals surface area contributed by atoms with Gasteiger partial charge in [-0.1, -0.05) is 0 Å². The average molecular weight is 238 g/mol. The number of nitrogens with two attached hydrogens (primary N) is 1. The van der Waals surface area contributed by atoms with Crippen LogP contribution in [0.25, 0.3) is 0 Å². The minimum atomic E-state index is -0.875. The maximum absolute atomic E-state index is 11.1. The summed E-state index contributed by atoms with van der Waals surface area (Å²) in [6, 6.07) is 5.23. The maximum atomic E-state index is 11.1. The van der Waals surface area contributed by atoms with Crippen LogP contribution in [0.4, 0.5) is 11.5 Å². The summed E-state index contributed by atoms with van der Waals surface area (Å²) in [6.07, 6.45) is 1.66. The normalized spacial score (nSPS) is 13.8. The molecule has 5 nitrogen and oxygen atoms in total. The monoisotopic (exact) mass is 238 g/mol. The van der Waals surface area contributed by atoms with E-state index in [4.69, 9.17) is 11.0 Å². The summed E-state index contributed by atoms with van der Waals surface area (Å²) >= 11 is 0. The van der Waals surface area contributed by atoms with E-state index in [1.165, 1.54) is 0 Å². The van der Waals surface area contributed by atoms with Gasteiger partial charge in [0.1, 0.15) is 11.9 Å². The molecule has 0 radical (unpaired) electrons. The Hall–Kier alpha value is -1.61. The number of anilines is 2. The number of hydrogen-bond donors (Lipinski definition) is 2. The van der Waals surface area contributed by atoms with Crippen molar-refractivity contribution >= 4 is 22.3 Å². The van der Waals surface area contributed by atoms with Crippen molar-refractivity contribution in [2.45, 2.75) is 12.2 Å². The van der Waals surface area contributed by atoms with Gasteiger partial charge in [-0.15, -0.1) is 0 Å². The smallest absolute Gasteiger partial charge is 0.165 e. The predicted octanol–water partition coefficient (Wildman–Crippen LogP) is 0.714. The van der Waals surface area contributed by atoms with Crippen LogP contribution in [0.1, 0.15) is 12.6 Å². The molecule has 0 amide bonds. The molecule has 0 saturated carbocycles. The van der Waals surface area contributed by atoms with Gasteiger partial charge in [-0.25, -0.2) is 4.98 Å². The third kappa shape index (κ3) is 3.21. The Balaban J connectivity index is 2.69. The van der Waals surface area contributed by atoms with E-state index < -0.39 is 10.8 Å². The third-order valence-corrected chi connectivity index (χ3v) is 3.47. The second-order valence-electron chi connectivity index (χ2n) is 3.44. The van der Waals surface area contributed by atoms with Crippen LogP contribution in [0.2, 0.25) is 0 Å². The highest BCUT2D eigenvalue weighted by Gasteiger charge is 2.07. The highest BCUT2D eigenvalue weighted by atomic mass is 32.2.